The van der Waals surface area contributed by atoms with Gasteiger partial charge in [0.2, 0.25) is 0 Å². The van der Waals surface area contributed by atoms with E-state index in [0.717, 1.165) is 16.9 Å². The number of esters is 1. The smallest absolute Gasteiger partial charge is 0.337 e. The second kappa shape index (κ2) is 10.3. The standard InChI is InChI=1S/C27H27N3O5/c1-17(19-6-8-20(9-7-19)27(33)35-3)30-16-29-24-13-10-21(14-23(24)26(30)32)25(31)28-15-18-4-11-22(34-2)12-5-18/h4-14,17,29H,15-16H2,1-3H3,(H,28,31). The maximum absolute atomic E-state index is 13.3. The summed E-state index contributed by atoms with van der Waals surface area (Å²) >= 11 is 0. The van der Waals surface area contributed by atoms with Crippen LogP contribution < -0.4 is 15.4 Å². The topological polar surface area (TPSA) is 97.0 Å². The van der Waals surface area contributed by atoms with Crippen molar-refractivity contribution in [3.05, 3.63) is 94.5 Å². The highest BCUT2D eigenvalue weighted by atomic mass is 16.5. The van der Waals surface area contributed by atoms with Gasteiger partial charge >= 0.3 is 5.97 Å². The predicted molar refractivity (Wildman–Crippen MR) is 131 cm³/mol. The second-order valence-electron chi connectivity index (χ2n) is 8.19. The molecule has 8 nitrogen and oxygen atoms in total. The summed E-state index contributed by atoms with van der Waals surface area (Å²) in [5.41, 5.74) is 3.79. The van der Waals surface area contributed by atoms with Crippen LogP contribution in [0.25, 0.3) is 0 Å². The lowest BCUT2D eigenvalue weighted by atomic mass is 10.0. The second-order valence-corrected chi connectivity index (χ2v) is 8.19. The Bertz CT molecular complexity index is 1240. The van der Waals surface area contributed by atoms with Crippen molar-refractivity contribution in [1.29, 1.82) is 0 Å². The lowest BCUT2D eigenvalue weighted by Crippen LogP contribution is -2.41. The number of amides is 2. The van der Waals surface area contributed by atoms with Crippen LogP contribution in [0.15, 0.2) is 66.7 Å². The molecule has 1 unspecified atom stereocenters. The molecule has 1 heterocycles. The van der Waals surface area contributed by atoms with E-state index in [2.05, 4.69) is 10.6 Å². The first kappa shape index (κ1) is 23.8. The number of hydrogen-bond acceptors (Lipinski definition) is 6. The molecule has 0 saturated carbocycles. The number of methoxy groups -OCH3 is 2. The molecular formula is C27H27N3O5. The fraction of sp³-hybridized carbons (Fsp3) is 0.222. The number of carbonyl (C=O) groups is 3. The van der Waals surface area contributed by atoms with Crippen LogP contribution in [0, 0.1) is 0 Å². The van der Waals surface area contributed by atoms with Gasteiger partial charge in [-0.3, -0.25) is 9.59 Å². The Morgan fingerprint density at radius 3 is 2.34 bits per heavy atom. The van der Waals surface area contributed by atoms with E-state index in [-0.39, 0.29) is 17.9 Å². The molecule has 3 aromatic carbocycles. The number of ether oxygens (including phenoxy) is 2. The summed E-state index contributed by atoms with van der Waals surface area (Å²) in [7, 11) is 2.94. The summed E-state index contributed by atoms with van der Waals surface area (Å²) < 4.78 is 9.89. The van der Waals surface area contributed by atoms with Crippen LogP contribution in [0.4, 0.5) is 5.69 Å². The average Bonchev–Trinajstić information content (AvgIpc) is 2.91. The van der Waals surface area contributed by atoms with Crippen molar-refractivity contribution < 1.29 is 23.9 Å². The molecule has 0 fully saturated rings. The van der Waals surface area contributed by atoms with Gasteiger partial charge in [0.25, 0.3) is 11.8 Å². The van der Waals surface area contributed by atoms with Crippen molar-refractivity contribution in [1.82, 2.24) is 10.2 Å². The van der Waals surface area contributed by atoms with Crippen LogP contribution in [0.5, 0.6) is 5.75 Å². The average molecular weight is 474 g/mol. The summed E-state index contributed by atoms with van der Waals surface area (Å²) in [6.07, 6.45) is 0. The Morgan fingerprint density at radius 1 is 1.00 bits per heavy atom. The number of fused-ring (bicyclic) bond motifs is 1. The number of carbonyl (C=O) groups excluding carboxylic acids is 3. The zero-order valence-corrected chi connectivity index (χ0v) is 19.8. The molecule has 35 heavy (non-hydrogen) atoms. The number of benzene rings is 3. The van der Waals surface area contributed by atoms with E-state index in [1.165, 1.54) is 7.11 Å². The minimum atomic E-state index is -0.411. The number of rotatable bonds is 7. The van der Waals surface area contributed by atoms with E-state index in [9.17, 15) is 14.4 Å². The van der Waals surface area contributed by atoms with E-state index in [1.54, 1.807) is 42.3 Å². The molecule has 4 rings (SSSR count). The van der Waals surface area contributed by atoms with Gasteiger partial charge in [-0.05, 0) is 60.5 Å². The fourth-order valence-electron chi connectivity index (χ4n) is 3.95. The van der Waals surface area contributed by atoms with Crippen LogP contribution >= 0.6 is 0 Å². The van der Waals surface area contributed by atoms with Gasteiger partial charge in [-0.15, -0.1) is 0 Å². The molecule has 0 radical (unpaired) electrons. The third-order valence-electron chi connectivity index (χ3n) is 6.11. The SMILES string of the molecule is COC(=O)c1ccc(C(C)N2CNc3ccc(C(=O)NCc4ccc(OC)cc4)cc3C2=O)cc1. The van der Waals surface area contributed by atoms with Crippen LogP contribution in [-0.4, -0.2) is 43.6 Å². The first-order valence-corrected chi connectivity index (χ1v) is 11.2. The first-order valence-electron chi connectivity index (χ1n) is 11.2. The monoisotopic (exact) mass is 473 g/mol. The molecule has 2 N–H and O–H groups in total. The quantitative estimate of drug-likeness (QED) is 0.504. The van der Waals surface area contributed by atoms with Gasteiger partial charge in [0.15, 0.2) is 0 Å². The molecule has 0 bridgehead atoms. The van der Waals surface area contributed by atoms with Crippen molar-refractivity contribution in [3.63, 3.8) is 0 Å². The van der Waals surface area contributed by atoms with E-state index < -0.39 is 5.97 Å². The fourth-order valence-corrected chi connectivity index (χ4v) is 3.95. The zero-order valence-electron chi connectivity index (χ0n) is 19.8. The Kier molecular flexibility index (Phi) is 7.01. The largest absolute Gasteiger partial charge is 0.497 e. The van der Waals surface area contributed by atoms with Gasteiger partial charge in [-0.2, -0.15) is 0 Å². The minimum absolute atomic E-state index is 0.173. The molecule has 1 atom stereocenters. The lowest BCUT2D eigenvalue weighted by molar-refractivity contribution is 0.0599. The van der Waals surface area contributed by atoms with Crippen molar-refractivity contribution in [2.24, 2.45) is 0 Å². The maximum Gasteiger partial charge on any atom is 0.337 e. The third-order valence-corrected chi connectivity index (χ3v) is 6.11. The van der Waals surface area contributed by atoms with Crippen molar-refractivity contribution >= 4 is 23.5 Å². The first-order chi connectivity index (χ1) is 16.9. The molecule has 1 aliphatic rings. The predicted octanol–water partition coefficient (Wildman–Crippen LogP) is 4.00. The molecule has 0 spiro atoms. The molecule has 180 valence electrons. The van der Waals surface area contributed by atoms with E-state index >= 15 is 0 Å². The zero-order chi connectivity index (χ0) is 24.9. The van der Waals surface area contributed by atoms with Gasteiger partial charge in [0, 0.05) is 17.8 Å². The lowest BCUT2D eigenvalue weighted by Gasteiger charge is -2.34. The molecule has 3 aromatic rings. The van der Waals surface area contributed by atoms with E-state index in [4.69, 9.17) is 9.47 Å². The number of hydrogen-bond donors (Lipinski definition) is 2. The van der Waals surface area contributed by atoms with Gasteiger partial charge < -0.3 is 25.0 Å². The van der Waals surface area contributed by atoms with Crippen LogP contribution in [0.3, 0.4) is 0 Å². The van der Waals surface area contributed by atoms with Crippen molar-refractivity contribution in [3.8, 4) is 5.75 Å². The van der Waals surface area contributed by atoms with Gasteiger partial charge in [0.1, 0.15) is 5.75 Å². The molecule has 2 amide bonds. The molecule has 1 aliphatic heterocycles. The van der Waals surface area contributed by atoms with Gasteiger partial charge in [0.05, 0.1) is 38.1 Å². The maximum atomic E-state index is 13.3. The Labute approximate surface area is 203 Å². The molecular weight excluding hydrogens is 446 g/mol. The Balaban J connectivity index is 1.46. The van der Waals surface area contributed by atoms with Crippen molar-refractivity contribution in [2.75, 3.05) is 26.2 Å². The highest BCUT2D eigenvalue weighted by molar-refractivity contribution is 6.04. The summed E-state index contributed by atoms with van der Waals surface area (Å²) in [5.74, 6) is -0.0984. The highest BCUT2D eigenvalue weighted by Crippen LogP contribution is 2.30. The van der Waals surface area contributed by atoms with Crippen LogP contribution in [0.2, 0.25) is 0 Å². The minimum Gasteiger partial charge on any atom is -0.497 e. The van der Waals surface area contributed by atoms with Crippen LogP contribution in [-0.2, 0) is 11.3 Å². The van der Waals surface area contributed by atoms with Gasteiger partial charge in [-0.1, -0.05) is 24.3 Å². The Morgan fingerprint density at radius 2 is 1.69 bits per heavy atom. The molecule has 0 saturated heterocycles. The third kappa shape index (κ3) is 5.11. The van der Waals surface area contributed by atoms with Crippen molar-refractivity contribution in [2.45, 2.75) is 19.5 Å². The van der Waals surface area contributed by atoms with E-state index in [1.807, 2.05) is 43.3 Å². The van der Waals surface area contributed by atoms with E-state index in [0.29, 0.717) is 35.6 Å². The van der Waals surface area contributed by atoms with Gasteiger partial charge in [-0.25, -0.2) is 4.79 Å². The number of nitrogens with zero attached hydrogens (tertiary/aromatic N) is 1. The summed E-state index contributed by atoms with van der Waals surface area (Å²) in [6.45, 7) is 2.61. The molecule has 0 aliphatic carbocycles. The Hall–Kier alpha value is -4.33. The summed E-state index contributed by atoms with van der Waals surface area (Å²) in [4.78, 5) is 39.5. The number of anilines is 1. The normalized spacial score (nSPS) is 13.3. The summed E-state index contributed by atoms with van der Waals surface area (Å²) in [6, 6.07) is 19.2. The van der Waals surface area contributed by atoms with Crippen LogP contribution in [0.1, 0.15) is 55.2 Å². The highest BCUT2D eigenvalue weighted by Gasteiger charge is 2.29. The molecule has 0 aromatic heterocycles. The molecule has 8 heteroatoms. The number of nitrogens with one attached hydrogen (secondary N) is 2. The summed E-state index contributed by atoms with van der Waals surface area (Å²) in [5, 5.41) is 6.15.